The molecule has 43 heavy (non-hydrogen) atoms. The maximum absolute atomic E-state index is 12.7. The van der Waals surface area contributed by atoms with Crippen molar-refractivity contribution in [2.75, 3.05) is 44.7 Å². The van der Waals surface area contributed by atoms with E-state index in [0.717, 1.165) is 29.7 Å². The van der Waals surface area contributed by atoms with Gasteiger partial charge in [-0.15, -0.1) is 11.3 Å². The molecule has 1 aromatic heterocycles. The second-order valence-electron chi connectivity index (χ2n) is 9.80. The molecule has 0 bridgehead atoms. The number of benzene rings is 2. The zero-order chi connectivity index (χ0) is 30.9. The number of fused-ring (bicyclic) bond motifs is 1. The second kappa shape index (κ2) is 14.5. The zero-order valence-electron chi connectivity index (χ0n) is 24.4. The summed E-state index contributed by atoms with van der Waals surface area (Å²) in [6.07, 6.45) is 2.51. The number of anilines is 2. The Bertz CT molecular complexity index is 1500. The smallest absolute Gasteiger partial charge is 0.341 e. The summed E-state index contributed by atoms with van der Waals surface area (Å²) in [5.74, 6) is -0.835. The van der Waals surface area contributed by atoms with Crippen LogP contribution in [-0.2, 0) is 31.9 Å². The van der Waals surface area contributed by atoms with Gasteiger partial charge in [-0.25, -0.2) is 9.59 Å². The van der Waals surface area contributed by atoms with Crippen LogP contribution in [0.3, 0.4) is 0 Å². The number of nitrogens with one attached hydrogen (secondary N) is 2. The van der Waals surface area contributed by atoms with Crippen LogP contribution in [0.4, 0.5) is 10.7 Å². The molecule has 11 nitrogen and oxygen atoms in total. The number of thiophene rings is 1. The predicted molar refractivity (Wildman–Crippen MR) is 160 cm³/mol. The number of rotatable bonds is 12. The van der Waals surface area contributed by atoms with Crippen LogP contribution >= 0.6 is 11.3 Å². The maximum Gasteiger partial charge on any atom is 0.341 e. The number of hydrogen-bond acceptors (Lipinski definition) is 10. The number of carbonyl (C=O) groups is 4. The molecule has 2 N–H and O–H groups in total. The Hall–Kier alpha value is -4.58. The summed E-state index contributed by atoms with van der Waals surface area (Å²) >= 11 is 1.36. The lowest BCUT2D eigenvalue weighted by atomic mass is 9.88. The first kappa shape index (κ1) is 31.4. The molecular weight excluding hydrogens is 576 g/mol. The highest BCUT2D eigenvalue weighted by Crippen LogP contribution is 2.40. The average molecular weight is 611 g/mol. The molecule has 1 heterocycles. The highest BCUT2D eigenvalue weighted by atomic mass is 32.1. The summed E-state index contributed by atoms with van der Waals surface area (Å²) in [5.41, 5.74) is 1.91. The van der Waals surface area contributed by atoms with Gasteiger partial charge in [-0.05, 0) is 68.0 Å². The summed E-state index contributed by atoms with van der Waals surface area (Å²) in [7, 11) is 2.89. The van der Waals surface area contributed by atoms with Crippen LogP contribution in [0.1, 0.15) is 51.4 Å². The van der Waals surface area contributed by atoms with Gasteiger partial charge in [-0.1, -0.05) is 19.1 Å². The number of amides is 2. The minimum atomic E-state index is -0.765. The van der Waals surface area contributed by atoms with Crippen molar-refractivity contribution in [2.24, 2.45) is 5.92 Å². The predicted octanol–water partition coefficient (Wildman–Crippen LogP) is 4.88. The van der Waals surface area contributed by atoms with Crippen molar-refractivity contribution < 1.29 is 42.9 Å². The van der Waals surface area contributed by atoms with Gasteiger partial charge >= 0.3 is 11.9 Å². The van der Waals surface area contributed by atoms with E-state index in [1.165, 1.54) is 43.8 Å². The largest absolute Gasteiger partial charge is 0.495 e. The molecule has 1 atom stereocenters. The van der Waals surface area contributed by atoms with Crippen molar-refractivity contribution in [1.29, 1.82) is 0 Å². The fraction of sp³-hybridized carbons (Fsp3) is 0.355. The average Bonchev–Trinajstić information content (AvgIpc) is 3.35. The second-order valence-corrected chi connectivity index (χ2v) is 10.9. The van der Waals surface area contributed by atoms with E-state index in [2.05, 4.69) is 17.6 Å². The zero-order valence-corrected chi connectivity index (χ0v) is 25.3. The van der Waals surface area contributed by atoms with Gasteiger partial charge in [0.05, 0.1) is 37.6 Å². The van der Waals surface area contributed by atoms with Gasteiger partial charge in [0.2, 0.25) is 0 Å². The van der Waals surface area contributed by atoms with E-state index in [9.17, 15) is 19.2 Å². The lowest BCUT2D eigenvalue weighted by molar-refractivity contribution is -0.119. The van der Waals surface area contributed by atoms with E-state index in [1.807, 2.05) is 0 Å². The molecule has 2 amide bonds. The fourth-order valence-corrected chi connectivity index (χ4v) is 6.04. The number of ether oxygens (including phenoxy) is 5. The first-order valence-corrected chi connectivity index (χ1v) is 14.6. The monoisotopic (exact) mass is 610 g/mol. The third-order valence-electron chi connectivity index (χ3n) is 6.72. The number of carbonyl (C=O) groups excluding carboxylic acids is 4. The van der Waals surface area contributed by atoms with Gasteiger partial charge in [-0.2, -0.15) is 0 Å². The summed E-state index contributed by atoms with van der Waals surface area (Å²) in [6.45, 7) is 3.21. The lowest BCUT2D eigenvalue weighted by Crippen LogP contribution is -2.22. The van der Waals surface area contributed by atoms with Gasteiger partial charge < -0.3 is 34.3 Å². The third-order valence-corrected chi connectivity index (χ3v) is 7.89. The topological polar surface area (TPSA) is 138 Å². The minimum absolute atomic E-state index is 0.114. The first-order chi connectivity index (χ1) is 20.7. The van der Waals surface area contributed by atoms with Gasteiger partial charge in [0.1, 0.15) is 10.8 Å². The van der Waals surface area contributed by atoms with E-state index >= 15 is 0 Å². The maximum atomic E-state index is 12.7. The molecule has 0 saturated carbocycles. The Labute approximate surface area is 253 Å². The SMILES string of the molecule is CCOC(=O)c1c(NC(=O)COC(=O)c2ccc(OCC(=O)Nc3ccccc3OC)c(OC)c2)sc2c1CC[C@@H](C)C2. The Balaban J connectivity index is 1.35. The Morgan fingerprint density at radius 2 is 1.63 bits per heavy atom. The van der Waals surface area contributed by atoms with E-state index in [4.69, 9.17) is 23.7 Å². The Morgan fingerprint density at radius 3 is 2.37 bits per heavy atom. The highest BCUT2D eigenvalue weighted by Gasteiger charge is 2.29. The van der Waals surface area contributed by atoms with Crippen molar-refractivity contribution in [3.63, 3.8) is 0 Å². The third kappa shape index (κ3) is 7.83. The van der Waals surface area contributed by atoms with Crippen LogP contribution < -0.4 is 24.8 Å². The van der Waals surface area contributed by atoms with E-state index in [1.54, 1.807) is 31.2 Å². The van der Waals surface area contributed by atoms with Crippen LogP contribution in [0.5, 0.6) is 17.2 Å². The highest BCUT2D eigenvalue weighted by molar-refractivity contribution is 7.17. The molecule has 0 saturated heterocycles. The van der Waals surface area contributed by atoms with E-state index in [-0.39, 0.29) is 30.3 Å². The molecule has 228 valence electrons. The summed E-state index contributed by atoms with van der Waals surface area (Å²) in [5, 5.41) is 5.83. The van der Waals surface area contributed by atoms with Crippen molar-refractivity contribution in [3.05, 3.63) is 64.0 Å². The summed E-state index contributed by atoms with van der Waals surface area (Å²) < 4.78 is 26.6. The first-order valence-electron chi connectivity index (χ1n) is 13.8. The standard InChI is InChI=1S/C31H34N2O9S/c1-5-40-31(37)28-20-12-10-18(2)14-25(20)43-29(28)33-27(35)17-42-30(36)19-11-13-23(24(15-19)39-4)41-16-26(34)32-21-8-6-7-9-22(21)38-3/h6-9,11,13,15,18H,5,10,12,14,16-17H2,1-4H3,(H,32,34)(H,33,35)/t18-/m1/s1. The molecule has 0 aliphatic heterocycles. The van der Waals surface area contributed by atoms with E-state index in [0.29, 0.717) is 27.9 Å². The van der Waals surface area contributed by atoms with Gasteiger partial charge in [0, 0.05) is 4.88 Å². The molecule has 0 radical (unpaired) electrons. The van der Waals surface area contributed by atoms with E-state index < -0.39 is 30.4 Å². The molecule has 4 rings (SSSR count). The van der Waals surface area contributed by atoms with Crippen LogP contribution in [0.15, 0.2) is 42.5 Å². The number of para-hydroxylation sites is 2. The molecule has 1 aliphatic rings. The summed E-state index contributed by atoms with van der Waals surface area (Å²) in [6, 6.07) is 11.3. The fourth-order valence-electron chi connectivity index (χ4n) is 4.63. The van der Waals surface area contributed by atoms with Crippen LogP contribution in [0.25, 0.3) is 0 Å². The molecular formula is C31H34N2O9S. The van der Waals surface area contributed by atoms with Crippen LogP contribution in [0.2, 0.25) is 0 Å². The van der Waals surface area contributed by atoms with Crippen LogP contribution in [0, 0.1) is 5.92 Å². The van der Waals surface area contributed by atoms with Crippen molar-refractivity contribution >= 4 is 45.8 Å². The molecule has 3 aromatic rings. The number of methoxy groups -OCH3 is 2. The quantitative estimate of drug-likeness (QED) is 0.275. The molecule has 12 heteroatoms. The minimum Gasteiger partial charge on any atom is -0.495 e. The molecule has 2 aromatic carbocycles. The molecule has 0 fully saturated rings. The van der Waals surface area contributed by atoms with Crippen molar-refractivity contribution in [2.45, 2.75) is 33.1 Å². The Kier molecular flexibility index (Phi) is 10.6. The molecule has 1 aliphatic carbocycles. The molecule has 0 unspecified atom stereocenters. The molecule has 0 spiro atoms. The number of hydrogen-bond donors (Lipinski definition) is 2. The number of esters is 2. The van der Waals surface area contributed by atoms with Gasteiger partial charge in [0.15, 0.2) is 24.7 Å². The normalized spacial score (nSPS) is 13.7. The lowest BCUT2D eigenvalue weighted by Gasteiger charge is -2.18. The van der Waals surface area contributed by atoms with Gasteiger partial charge in [0.25, 0.3) is 11.8 Å². The van der Waals surface area contributed by atoms with Crippen molar-refractivity contribution in [3.8, 4) is 17.2 Å². The summed E-state index contributed by atoms with van der Waals surface area (Å²) in [4.78, 5) is 51.6. The Morgan fingerprint density at radius 1 is 0.884 bits per heavy atom. The van der Waals surface area contributed by atoms with Crippen LogP contribution in [-0.4, -0.2) is 57.8 Å². The van der Waals surface area contributed by atoms with Gasteiger partial charge in [-0.3, -0.25) is 9.59 Å². The van der Waals surface area contributed by atoms with Crippen molar-refractivity contribution in [1.82, 2.24) is 0 Å².